The van der Waals surface area contributed by atoms with Crippen LogP contribution >= 0.6 is 11.3 Å². The summed E-state index contributed by atoms with van der Waals surface area (Å²) >= 11 is 1.48. The van der Waals surface area contributed by atoms with Crippen molar-refractivity contribution in [3.63, 3.8) is 0 Å². The Hall–Kier alpha value is -3.97. The normalized spacial score (nSPS) is 10.8. The van der Waals surface area contributed by atoms with Gasteiger partial charge in [0.05, 0.1) is 12.3 Å². The van der Waals surface area contributed by atoms with Gasteiger partial charge in [0.2, 0.25) is 0 Å². The van der Waals surface area contributed by atoms with E-state index in [-0.39, 0.29) is 0 Å². The van der Waals surface area contributed by atoms with Crippen molar-refractivity contribution in [1.82, 2.24) is 9.97 Å². The van der Waals surface area contributed by atoms with Crippen LogP contribution in [0.25, 0.3) is 17.5 Å². The molecule has 0 atom stereocenters. The van der Waals surface area contributed by atoms with Crippen LogP contribution < -0.4 is 14.8 Å². The van der Waals surface area contributed by atoms with Crippen molar-refractivity contribution in [2.24, 2.45) is 0 Å². The molecular formula is C25H21N3O3S. The number of nitrogens with zero attached hydrogens (tertiary/aromatic N) is 2. The highest BCUT2D eigenvalue weighted by molar-refractivity contribution is 7.14. The summed E-state index contributed by atoms with van der Waals surface area (Å²) in [5.41, 5.74) is 3.28. The van der Waals surface area contributed by atoms with Crippen LogP contribution in [0, 0.1) is 0 Å². The van der Waals surface area contributed by atoms with E-state index in [1.165, 1.54) is 17.4 Å². The molecule has 0 amide bonds. The average molecular weight is 444 g/mol. The fourth-order valence-electron chi connectivity index (χ4n) is 2.88. The van der Waals surface area contributed by atoms with E-state index in [1.807, 2.05) is 66.9 Å². The molecule has 0 saturated carbocycles. The van der Waals surface area contributed by atoms with Crippen LogP contribution in [0.1, 0.15) is 12.5 Å². The molecule has 2 aromatic heterocycles. The maximum Gasteiger partial charge on any atom is 0.336 e. The Labute approximate surface area is 190 Å². The van der Waals surface area contributed by atoms with E-state index in [9.17, 15) is 4.79 Å². The van der Waals surface area contributed by atoms with Gasteiger partial charge in [-0.25, -0.2) is 9.78 Å². The van der Waals surface area contributed by atoms with Gasteiger partial charge in [-0.2, -0.15) is 0 Å². The molecule has 0 bridgehead atoms. The molecule has 6 nitrogen and oxygen atoms in total. The lowest BCUT2D eigenvalue weighted by molar-refractivity contribution is -0.128. The lowest BCUT2D eigenvalue weighted by atomic mass is 10.2. The van der Waals surface area contributed by atoms with E-state index in [2.05, 4.69) is 15.3 Å². The Kier molecular flexibility index (Phi) is 6.89. The molecule has 0 radical (unpaired) electrons. The second-order valence-electron chi connectivity index (χ2n) is 6.66. The molecule has 0 aliphatic heterocycles. The van der Waals surface area contributed by atoms with Crippen molar-refractivity contribution in [3.05, 3.63) is 89.9 Å². The van der Waals surface area contributed by atoms with Crippen LogP contribution in [0.2, 0.25) is 0 Å². The predicted octanol–water partition coefficient (Wildman–Crippen LogP) is 5.97. The molecule has 0 fully saturated rings. The number of thiazole rings is 1. The summed E-state index contributed by atoms with van der Waals surface area (Å²) in [6.45, 7) is 2.55. The molecule has 0 aliphatic carbocycles. The predicted molar refractivity (Wildman–Crippen MR) is 127 cm³/mol. The average Bonchev–Trinajstić information content (AvgIpc) is 3.28. The molecule has 4 rings (SSSR count). The quantitative estimate of drug-likeness (QED) is 0.206. The number of hydrogen-bond donors (Lipinski definition) is 1. The maximum atomic E-state index is 12.2. The van der Waals surface area contributed by atoms with Gasteiger partial charge in [-0.05, 0) is 55.0 Å². The van der Waals surface area contributed by atoms with Crippen LogP contribution in [0.3, 0.4) is 0 Å². The van der Waals surface area contributed by atoms with Gasteiger partial charge in [0, 0.05) is 29.4 Å². The topological polar surface area (TPSA) is 73.3 Å². The third kappa shape index (κ3) is 5.80. The Balaban J connectivity index is 1.36. The minimum absolute atomic E-state index is 0.442. The highest BCUT2D eigenvalue weighted by atomic mass is 32.1. The Bertz CT molecular complexity index is 1200. The zero-order valence-electron chi connectivity index (χ0n) is 17.4. The number of nitrogens with one attached hydrogen (secondary N) is 1. The standard InChI is InChI=1S/C25H21N3O3S/c1-2-30-20-12-9-18(10-13-20)11-14-24(29)31-21-7-5-6-19(16-21)27-25-28-23(17-32-25)22-8-3-4-15-26-22/h3-17H,2H2,1H3,(H,27,28)/b14-11+. The zero-order valence-corrected chi connectivity index (χ0v) is 18.2. The van der Waals surface area contributed by atoms with Gasteiger partial charge in [0.1, 0.15) is 17.2 Å². The van der Waals surface area contributed by atoms with Crippen LogP contribution in [-0.4, -0.2) is 22.5 Å². The molecule has 0 unspecified atom stereocenters. The smallest absolute Gasteiger partial charge is 0.336 e. The molecule has 160 valence electrons. The summed E-state index contributed by atoms with van der Waals surface area (Å²) in [5, 5.41) is 5.91. The molecule has 0 aliphatic rings. The highest BCUT2D eigenvalue weighted by Crippen LogP contribution is 2.27. The van der Waals surface area contributed by atoms with Crippen LogP contribution in [0.5, 0.6) is 11.5 Å². The first-order valence-electron chi connectivity index (χ1n) is 10.1. The van der Waals surface area contributed by atoms with E-state index < -0.39 is 5.97 Å². The summed E-state index contributed by atoms with van der Waals surface area (Å²) in [5.74, 6) is 0.782. The molecular weight excluding hydrogens is 422 g/mol. The van der Waals surface area contributed by atoms with Crippen molar-refractivity contribution in [2.75, 3.05) is 11.9 Å². The van der Waals surface area contributed by atoms with Gasteiger partial charge in [-0.1, -0.05) is 24.3 Å². The number of esters is 1. The largest absolute Gasteiger partial charge is 0.494 e. The number of rotatable bonds is 8. The fourth-order valence-corrected chi connectivity index (χ4v) is 3.60. The lowest BCUT2D eigenvalue weighted by Crippen LogP contribution is -2.03. The first-order valence-corrected chi connectivity index (χ1v) is 10.9. The number of hydrogen-bond acceptors (Lipinski definition) is 7. The third-order valence-corrected chi connectivity index (χ3v) is 5.10. The van der Waals surface area contributed by atoms with Gasteiger partial charge in [-0.3, -0.25) is 4.98 Å². The van der Waals surface area contributed by atoms with E-state index in [0.717, 1.165) is 33.5 Å². The van der Waals surface area contributed by atoms with Gasteiger partial charge in [0.15, 0.2) is 5.13 Å². The van der Waals surface area contributed by atoms with Crippen molar-refractivity contribution < 1.29 is 14.3 Å². The molecule has 32 heavy (non-hydrogen) atoms. The minimum Gasteiger partial charge on any atom is -0.494 e. The lowest BCUT2D eigenvalue weighted by Gasteiger charge is -2.06. The van der Waals surface area contributed by atoms with Gasteiger partial charge in [0.25, 0.3) is 0 Å². The fraction of sp³-hybridized carbons (Fsp3) is 0.0800. The number of aromatic nitrogens is 2. The number of benzene rings is 2. The van der Waals surface area contributed by atoms with Crippen molar-refractivity contribution in [1.29, 1.82) is 0 Å². The minimum atomic E-state index is -0.456. The Morgan fingerprint density at radius 2 is 1.91 bits per heavy atom. The number of pyridine rings is 1. The van der Waals surface area contributed by atoms with Crippen molar-refractivity contribution >= 4 is 34.2 Å². The molecule has 7 heteroatoms. The highest BCUT2D eigenvalue weighted by Gasteiger charge is 2.07. The number of ether oxygens (including phenoxy) is 2. The molecule has 4 aromatic rings. The number of carbonyl (C=O) groups is 1. The van der Waals surface area contributed by atoms with Gasteiger partial charge < -0.3 is 14.8 Å². The SMILES string of the molecule is CCOc1ccc(/C=C/C(=O)Oc2cccc(Nc3nc(-c4ccccn4)cs3)c2)cc1. The van der Waals surface area contributed by atoms with Gasteiger partial charge >= 0.3 is 5.97 Å². The summed E-state index contributed by atoms with van der Waals surface area (Å²) in [4.78, 5) is 21.1. The van der Waals surface area contributed by atoms with Crippen LogP contribution in [0.15, 0.2) is 84.4 Å². The Morgan fingerprint density at radius 1 is 1.03 bits per heavy atom. The van der Waals surface area contributed by atoms with E-state index in [4.69, 9.17) is 9.47 Å². The monoisotopic (exact) mass is 443 g/mol. The molecule has 2 heterocycles. The van der Waals surface area contributed by atoms with E-state index >= 15 is 0 Å². The second-order valence-corrected chi connectivity index (χ2v) is 7.52. The summed E-state index contributed by atoms with van der Waals surface area (Å²) in [7, 11) is 0. The second kappa shape index (κ2) is 10.4. The van der Waals surface area contributed by atoms with Crippen LogP contribution in [-0.2, 0) is 4.79 Å². The maximum absolute atomic E-state index is 12.2. The molecule has 0 saturated heterocycles. The first-order chi connectivity index (χ1) is 15.7. The number of carbonyl (C=O) groups excluding carboxylic acids is 1. The van der Waals surface area contributed by atoms with E-state index in [1.54, 1.807) is 24.4 Å². The van der Waals surface area contributed by atoms with Crippen molar-refractivity contribution in [2.45, 2.75) is 6.92 Å². The Morgan fingerprint density at radius 3 is 2.69 bits per heavy atom. The van der Waals surface area contributed by atoms with E-state index in [0.29, 0.717) is 12.4 Å². The summed E-state index contributed by atoms with van der Waals surface area (Å²) < 4.78 is 10.8. The van der Waals surface area contributed by atoms with Gasteiger partial charge in [-0.15, -0.1) is 11.3 Å². The summed E-state index contributed by atoms with van der Waals surface area (Å²) in [6.07, 6.45) is 4.84. The first kappa shape index (κ1) is 21.3. The molecule has 1 N–H and O–H groups in total. The molecule has 2 aromatic carbocycles. The third-order valence-electron chi connectivity index (χ3n) is 4.34. The summed E-state index contributed by atoms with van der Waals surface area (Å²) in [6, 6.07) is 20.4. The zero-order chi connectivity index (χ0) is 22.2. The van der Waals surface area contributed by atoms with Crippen molar-refractivity contribution in [3.8, 4) is 22.9 Å². The molecule has 0 spiro atoms. The van der Waals surface area contributed by atoms with Crippen LogP contribution in [0.4, 0.5) is 10.8 Å². The number of anilines is 2.